The van der Waals surface area contributed by atoms with Gasteiger partial charge in [-0.3, -0.25) is 0 Å². The van der Waals surface area contributed by atoms with Crippen molar-refractivity contribution in [2.75, 3.05) is 30.8 Å². The molecule has 12 heteroatoms. The maximum absolute atomic E-state index is 10.6. The van der Waals surface area contributed by atoms with Crippen molar-refractivity contribution < 1.29 is 27.5 Å². The summed E-state index contributed by atoms with van der Waals surface area (Å²) in [5, 5.41) is 11.4. The van der Waals surface area contributed by atoms with Gasteiger partial charge in [0.05, 0.1) is 0 Å². The van der Waals surface area contributed by atoms with E-state index in [1.165, 1.54) is 0 Å². The number of anilines is 2. The molecule has 2 aromatic heterocycles. The second-order valence-electron chi connectivity index (χ2n) is 6.35. The van der Waals surface area contributed by atoms with E-state index in [1.54, 1.807) is 0 Å². The Hall–Kier alpha value is -2.60. The zero-order valence-corrected chi connectivity index (χ0v) is 16.7. The predicted molar refractivity (Wildman–Crippen MR) is 105 cm³/mol. The minimum absolute atomic E-state index is 0.276. The van der Waals surface area contributed by atoms with Gasteiger partial charge in [0.15, 0.2) is 11.4 Å². The zero-order valence-electron chi connectivity index (χ0n) is 15.1. The number of furan rings is 1. The molecule has 0 saturated carbocycles. The summed E-state index contributed by atoms with van der Waals surface area (Å²) >= 11 is 3.49. The fraction of sp³-hybridized carbons (Fsp3) is 0.353. The third-order valence-electron chi connectivity index (χ3n) is 4.41. The predicted octanol–water partition coefficient (Wildman–Crippen LogP) is 3.15. The molecular weight excluding hydrogens is 459 g/mol. The third-order valence-corrected chi connectivity index (χ3v) is 4.91. The molecule has 29 heavy (non-hydrogen) atoms. The van der Waals surface area contributed by atoms with Crippen molar-refractivity contribution in [1.82, 2.24) is 15.3 Å². The average Bonchev–Trinajstić information content (AvgIpc) is 3.25. The molecule has 1 aliphatic rings. The lowest BCUT2D eigenvalue weighted by Crippen LogP contribution is -2.30. The number of carboxylic acid groups (broad SMARTS) is 1. The summed E-state index contributed by atoms with van der Waals surface area (Å²) in [4.78, 5) is 19.9. The van der Waals surface area contributed by atoms with E-state index >= 15 is 0 Å². The highest BCUT2D eigenvalue weighted by Crippen LogP contribution is 2.35. The van der Waals surface area contributed by atoms with E-state index in [0.29, 0.717) is 11.6 Å². The molecule has 4 N–H and O–H groups in total. The summed E-state index contributed by atoms with van der Waals surface area (Å²) < 4.78 is 38.7. The number of likely N-dealkylation sites (N-methyl/N-ethyl adjacent to an activating group) is 1. The monoisotopic (exact) mass is 475 g/mol. The molecule has 1 fully saturated rings. The molecule has 0 bridgehead atoms. The van der Waals surface area contributed by atoms with Crippen LogP contribution < -0.4 is 16.0 Å². The quantitative estimate of drug-likeness (QED) is 0.517. The van der Waals surface area contributed by atoms with Gasteiger partial charge >= 0.3 is 12.1 Å². The van der Waals surface area contributed by atoms with Crippen molar-refractivity contribution in [2.24, 2.45) is 0 Å². The summed E-state index contributed by atoms with van der Waals surface area (Å²) in [5.41, 5.74) is 8.20. The second kappa shape index (κ2) is 8.03. The van der Waals surface area contributed by atoms with Crippen LogP contribution in [-0.2, 0) is 4.79 Å². The van der Waals surface area contributed by atoms with Crippen LogP contribution in [0, 0.1) is 0 Å². The fourth-order valence-electron chi connectivity index (χ4n) is 3.02. The van der Waals surface area contributed by atoms with E-state index in [4.69, 9.17) is 20.1 Å². The maximum atomic E-state index is 10.6. The van der Waals surface area contributed by atoms with Gasteiger partial charge in [0.1, 0.15) is 11.1 Å². The van der Waals surface area contributed by atoms with Crippen molar-refractivity contribution >= 4 is 55.7 Å². The first kappa shape index (κ1) is 21.1. The minimum Gasteiger partial charge on any atom is -0.475 e. The van der Waals surface area contributed by atoms with Gasteiger partial charge in [-0.15, -0.1) is 0 Å². The molecule has 0 spiro atoms. The van der Waals surface area contributed by atoms with E-state index in [2.05, 4.69) is 36.1 Å². The van der Waals surface area contributed by atoms with E-state index < -0.39 is 12.1 Å². The Bertz CT molecular complexity index is 1060. The van der Waals surface area contributed by atoms with Gasteiger partial charge in [-0.1, -0.05) is 15.9 Å². The average molecular weight is 476 g/mol. The number of nitrogens with two attached hydrogens (primary N) is 1. The van der Waals surface area contributed by atoms with Crippen LogP contribution in [-0.4, -0.2) is 53.4 Å². The lowest BCUT2D eigenvalue weighted by molar-refractivity contribution is -0.192. The Morgan fingerprint density at radius 2 is 2.10 bits per heavy atom. The molecule has 156 valence electrons. The summed E-state index contributed by atoms with van der Waals surface area (Å²) in [7, 11) is 1.98. The number of aliphatic carboxylic acids is 1. The maximum Gasteiger partial charge on any atom is 0.490 e. The normalized spacial score (nSPS) is 16.9. The Labute approximate surface area is 171 Å². The molecule has 1 aliphatic heterocycles. The highest BCUT2D eigenvalue weighted by Gasteiger charge is 2.38. The number of rotatable bonds is 2. The highest BCUT2D eigenvalue weighted by atomic mass is 79.9. The van der Waals surface area contributed by atoms with Crippen LogP contribution in [0.5, 0.6) is 0 Å². The first-order chi connectivity index (χ1) is 13.6. The molecule has 0 amide bonds. The molecule has 3 aromatic rings. The van der Waals surface area contributed by atoms with Gasteiger partial charge in [-0.25, -0.2) is 9.78 Å². The molecule has 1 atom stereocenters. The Morgan fingerprint density at radius 3 is 2.69 bits per heavy atom. The van der Waals surface area contributed by atoms with Crippen LogP contribution in [0.25, 0.3) is 22.1 Å². The van der Waals surface area contributed by atoms with Gasteiger partial charge in [0, 0.05) is 29.0 Å². The van der Waals surface area contributed by atoms with E-state index in [-0.39, 0.29) is 5.95 Å². The van der Waals surface area contributed by atoms with Gasteiger partial charge in [-0.05, 0) is 31.7 Å². The van der Waals surface area contributed by atoms with E-state index in [0.717, 1.165) is 46.3 Å². The fourth-order valence-corrected chi connectivity index (χ4v) is 3.38. The van der Waals surface area contributed by atoms with Crippen molar-refractivity contribution in [3.05, 3.63) is 22.7 Å². The topological polar surface area (TPSA) is 118 Å². The molecule has 0 aliphatic carbocycles. The summed E-state index contributed by atoms with van der Waals surface area (Å²) in [6.45, 7) is 1.82. The number of nitrogen functional groups attached to an aromatic ring is 1. The number of nitrogens with zero attached hydrogens (tertiary/aromatic N) is 3. The van der Waals surface area contributed by atoms with Crippen molar-refractivity contribution in [2.45, 2.75) is 18.6 Å². The van der Waals surface area contributed by atoms with Gasteiger partial charge in [0.2, 0.25) is 5.95 Å². The van der Waals surface area contributed by atoms with Crippen LogP contribution in [0.1, 0.15) is 6.42 Å². The SMILES string of the molecule is CN[C@@H]1CCN(c2nc(N)nc3c2oc2ccc(Br)cc23)C1.O=C(O)C(F)(F)F. The first-order valence-electron chi connectivity index (χ1n) is 8.47. The van der Waals surface area contributed by atoms with Crippen LogP contribution in [0.2, 0.25) is 0 Å². The molecule has 0 radical (unpaired) electrons. The van der Waals surface area contributed by atoms with Gasteiger partial charge in [-0.2, -0.15) is 18.2 Å². The number of aromatic nitrogens is 2. The zero-order chi connectivity index (χ0) is 21.3. The summed E-state index contributed by atoms with van der Waals surface area (Å²) in [6.07, 6.45) is -4.01. The Morgan fingerprint density at radius 1 is 1.41 bits per heavy atom. The largest absolute Gasteiger partial charge is 0.490 e. The van der Waals surface area contributed by atoms with Crippen molar-refractivity contribution in [1.29, 1.82) is 0 Å². The molecule has 8 nitrogen and oxygen atoms in total. The number of benzene rings is 1. The van der Waals surface area contributed by atoms with Crippen molar-refractivity contribution in [3.63, 3.8) is 0 Å². The number of hydrogen-bond acceptors (Lipinski definition) is 7. The van der Waals surface area contributed by atoms with Gasteiger partial charge < -0.3 is 25.5 Å². The van der Waals surface area contributed by atoms with Crippen LogP contribution >= 0.6 is 15.9 Å². The Balaban J connectivity index is 0.000000298. The number of nitrogens with one attached hydrogen (secondary N) is 1. The minimum atomic E-state index is -5.08. The highest BCUT2D eigenvalue weighted by molar-refractivity contribution is 9.10. The van der Waals surface area contributed by atoms with Crippen LogP contribution in [0.3, 0.4) is 0 Å². The second-order valence-corrected chi connectivity index (χ2v) is 7.26. The number of halogens is 4. The molecule has 0 unspecified atom stereocenters. The summed E-state index contributed by atoms with van der Waals surface area (Å²) in [5.74, 6) is -1.70. The molecule has 1 aromatic carbocycles. The Kier molecular flexibility index (Phi) is 5.85. The molecular formula is C17H17BrF3N5O3. The first-order valence-corrected chi connectivity index (χ1v) is 9.27. The number of fused-ring (bicyclic) bond motifs is 3. The van der Waals surface area contributed by atoms with Crippen LogP contribution in [0.4, 0.5) is 24.9 Å². The smallest absolute Gasteiger partial charge is 0.475 e. The lowest BCUT2D eigenvalue weighted by atomic mass is 10.2. The lowest BCUT2D eigenvalue weighted by Gasteiger charge is -2.17. The number of alkyl halides is 3. The molecule has 1 saturated heterocycles. The molecule has 4 rings (SSSR count). The standard InChI is InChI=1S/C15H16BrN5O.C2HF3O2/c1-18-9-4-5-21(7-9)14-13-12(19-15(17)20-14)10-6-8(16)2-3-11(10)22-13;3-2(4,5)1(6)7/h2-3,6,9,18H,4-5,7H2,1H3,(H2,17,19,20);(H,6,7)/t9-;/m1./s1. The van der Waals surface area contributed by atoms with Gasteiger partial charge in [0.25, 0.3) is 0 Å². The van der Waals surface area contributed by atoms with Crippen LogP contribution in [0.15, 0.2) is 27.1 Å². The van der Waals surface area contributed by atoms with E-state index in [9.17, 15) is 13.2 Å². The summed E-state index contributed by atoms with van der Waals surface area (Å²) in [6, 6.07) is 6.34. The van der Waals surface area contributed by atoms with E-state index in [1.807, 2.05) is 25.2 Å². The molecule has 3 heterocycles. The number of hydrogen-bond donors (Lipinski definition) is 3. The van der Waals surface area contributed by atoms with Crippen molar-refractivity contribution in [3.8, 4) is 0 Å². The number of carbonyl (C=O) groups is 1. The third kappa shape index (κ3) is 4.53. The number of carboxylic acids is 1.